The second kappa shape index (κ2) is 2.40. The smallest absolute Gasteiger partial charge is 0.260 e. The Morgan fingerprint density at radius 2 is 2.56 bits per heavy atom. The van der Waals surface area contributed by atoms with Crippen molar-refractivity contribution in [1.29, 1.82) is 0 Å². The lowest BCUT2D eigenvalue weighted by Gasteiger charge is -1.91. The van der Waals surface area contributed by atoms with Gasteiger partial charge in [0.25, 0.3) is 5.95 Å². The lowest BCUT2D eigenvalue weighted by Crippen LogP contribution is -2.03. The van der Waals surface area contributed by atoms with Crippen molar-refractivity contribution in [2.24, 2.45) is 0 Å². The molecule has 1 rings (SSSR count). The number of ether oxygens (including phenoxy) is 1. The number of hydrogen-bond acceptors (Lipinski definition) is 5. The summed E-state index contributed by atoms with van der Waals surface area (Å²) in [6.45, 7) is 0.282. The fraction of sp³-hybridized carbons (Fsp3) is 0.667. The predicted octanol–water partition coefficient (Wildman–Crippen LogP) is -1.14. The monoisotopic (exact) mass is 129 g/mol. The molecule has 0 spiro atoms. The zero-order valence-corrected chi connectivity index (χ0v) is 4.98. The lowest BCUT2D eigenvalue weighted by atomic mass is 11.1. The van der Waals surface area contributed by atoms with Crippen molar-refractivity contribution in [3.8, 4) is 0 Å². The van der Waals surface area contributed by atoms with Crippen LogP contribution in [0.5, 0.6) is 0 Å². The number of nitrogen functional groups attached to an aromatic ring is 1. The van der Waals surface area contributed by atoms with E-state index >= 15 is 0 Å². The maximum absolute atomic E-state index is 5.15. The average molecular weight is 129 g/mol. The second-order valence-corrected chi connectivity index (χ2v) is 1.44. The number of hydrogen-bond donors (Lipinski definition) is 1. The van der Waals surface area contributed by atoms with Gasteiger partial charge in [0.2, 0.25) is 0 Å². The third kappa shape index (κ3) is 1.36. The zero-order chi connectivity index (χ0) is 6.69. The summed E-state index contributed by atoms with van der Waals surface area (Å²) in [5, 5.41) is 10.6. The number of nitrogens with two attached hydrogens (primary N) is 1. The van der Waals surface area contributed by atoms with Gasteiger partial charge in [-0.25, -0.2) is 0 Å². The molecule has 0 aliphatic rings. The minimum atomic E-state index is 0.159. The normalized spacial score (nSPS) is 9.89. The molecule has 0 radical (unpaired) electrons. The topological polar surface area (TPSA) is 78.8 Å². The molecule has 50 valence electrons. The zero-order valence-electron chi connectivity index (χ0n) is 4.98. The Morgan fingerprint density at radius 1 is 1.78 bits per heavy atom. The number of anilines is 1. The van der Waals surface area contributed by atoms with Crippen LogP contribution in [0.15, 0.2) is 0 Å². The molecule has 6 heteroatoms. The van der Waals surface area contributed by atoms with Gasteiger partial charge in [-0.1, -0.05) is 5.10 Å². The largest absolute Gasteiger partial charge is 0.365 e. The maximum atomic E-state index is 5.15. The molecule has 0 aromatic carbocycles. The summed E-state index contributed by atoms with van der Waals surface area (Å²) in [7, 11) is 1.54. The Kier molecular flexibility index (Phi) is 1.59. The third-order valence-corrected chi connectivity index (χ3v) is 0.713. The van der Waals surface area contributed by atoms with Crippen molar-refractivity contribution in [3.05, 3.63) is 0 Å². The van der Waals surface area contributed by atoms with Crippen LogP contribution in [0, 0.1) is 0 Å². The van der Waals surface area contributed by atoms with Crippen molar-refractivity contribution in [3.63, 3.8) is 0 Å². The second-order valence-electron chi connectivity index (χ2n) is 1.44. The van der Waals surface area contributed by atoms with Crippen LogP contribution in [0.1, 0.15) is 0 Å². The molecule has 0 atom stereocenters. The maximum Gasteiger partial charge on any atom is 0.260 e. The van der Waals surface area contributed by atoms with Gasteiger partial charge in [0.15, 0.2) is 6.73 Å². The molecular formula is C3H7N5O. The SMILES string of the molecule is COCn1nnc(N)n1. The first-order valence-corrected chi connectivity index (χ1v) is 2.35. The van der Waals surface area contributed by atoms with Gasteiger partial charge >= 0.3 is 0 Å². The van der Waals surface area contributed by atoms with E-state index in [0.717, 1.165) is 0 Å². The van der Waals surface area contributed by atoms with Crippen molar-refractivity contribution in [2.45, 2.75) is 6.73 Å². The number of tetrazole rings is 1. The number of nitrogens with zero attached hydrogens (tertiary/aromatic N) is 4. The van der Waals surface area contributed by atoms with Crippen LogP contribution in [0.2, 0.25) is 0 Å². The molecule has 0 bridgehead atoms. The summed E-state index contributed by atoms with van der Waals surface area (Å²) in [5.41, 5.74) is 5.15. The van der Waals surface area contributed by atoms with Crippen LogP contribution < -0.4 is 5.73 Å². The minimum Gasteiger partial charge on any atom is -0.365 e. The summed E-state index contributed by atoms with van der Waals surface area (Å²) in [5.74, 6) is 0.159. The first-order valence-electron chi connectivity index (χ1n) is 2.35. The molecule has 1 aromatic rings. The van der Waals surface area contributed by atoms with E-state index in [1.807, 2.05) is 0 Å². The van der Waals surface area contributed by atoms with Crippen LogP contribution in [0.4, 0.5) is 5.95 Å². The van der Waals surface area contributed by atoms with Crippen molar-refractivity contribution >= 4 is 5.95 Å². The predicted molar refractivity (Wildman–Crippen MR) is 29.2 cm³/mol. The highest BCUT2D eigenvalue weighted by Crippen LogP contribution is 1.83. The van der Waals surface area contributed by atoms with Gasteiger partial charge < -0.3 is 10.5 Å². The van der Waals surface area contributed by atoms with Crippen LogP contribution in [-0.4, -0.2) is 27.3 Å². The van der Waals surface area contributed by atoms with E-state index in [1.54, 1.807) is 7.11 Å². The van der Waals surface area contributed by atoms with E-state index in [0.29, 0.717) is 0 Å². The number of aromatic nitrogens is 4. The molecule has 0 saturated heterocycles. The van der Waals surface area contributed by atoms with Gasteiger partial charge in [-0.3, -0.25) is 0 Å². The Bertz CT molecular complexity index is 184. The van der Waals surface area contributed by atoms with Crippen LogP contribution in [-0.2, 0) is 11.5 Å². The van der Waals surface area contributed by atoms with Crippen molar-refractivity contribution in [1.82, 2.24) is 20.2 Å². The van der Waals surface area contributed by atoms with Gasteiger partial charge in [0, 0.05) is 7.11 Å². The summed E-state index contributed by atoms with van der Waals surface area (Å²) < 4.78 is 4.68. The summed E-state index contributed by atoms with van der Waals surface area (Å²) in [4.78, 5) is 1.26. The molecule has 6 nitrogen and oxygen atoms in total. The Hall–Kier alpha value is -1.17. The molecule has 0 amide bonds. The highest BCUT2D eigenvalue weighted by molar-refractivity contribution is 5.06. The van der Waals surface area contributed by atoms with E-state index in [4.69, 9.17) is 5.73 Å². The standard InChI is InChI=1S/C3H7N5O/c1-9-2-8-6-3(4)5-7-8/h2H2,1H3,(H2,4,6). The Balaban J connectivity index is 2.61. The van der Waals surface area contributed by atoms with E-state index < -0.39 is 0 Å². The highest BCUT2D eigenvalue weighted by Gasteiger charge is 1.93. The molecule has 9 heavy (non-hydrogen) atoms. The van der Waals surface area contributed by atoms with Gasteiger partial charge in [-0.2, -0.15) is 0 Å². The molecule has 1 aromatic heterocycles. The van der Waals surface area contributed by atoms with Crippen molar-refractivity contribution in [2.75, 3.05) is 12.8 Å². The Labute approximate surface area is 51.6 Å². The number of rotatable bonds is 2. The van der Waals surface area contributed by atoms with Crippen molar-refractivity contribution < 1.29 is 4.74 Å². The van der Waals surface area contributed by atoms with E-state index in [9.17, 15) is 0 Å². The quantitative estimate of drug-likeness (QED) is 0.546. The third-order valence-electron chi connectivity index (χ3n) is 0.713. The first kappa shape index (κ1) is 5.96. The average Bonchev–Trinajstić information content (AvgIpc) is 2.17. The van der Waals surface area contributed by atoms with E-state index in [-0.39, 0.29) is 12.7 Å². The molecule has 0 fully saturated rings. The molecule has 0 aliphatic carbocycles. The molecule has 1 heterocycles. The van der Waals surface area contributed by atoms with Crippen LogP contribution >= 0.6 is 0 Å². The summed E-state index contributed by atoms with van der Waals surface area (Å²) >= 11 is 0. The van der Waals surface area contributed by atoms with Gasteiger partial charge in [0.05, 0.1) is 0 Å². The van der Waals surface area contributed by atoms with Crippen LogP contribution in [0.25, 0.3) is 0 Å². The molecule has 0 saturated carbocycles. The minimum absolute atomic E-state index is 0.159. The first-order chi connectivity index (χ1) is 4.33. The van der Waals surface area contributed by atoms with Crippen LogP contribution in [0.3, 0.4) is 0 Å². The van der Waals surface area contributed by atoms with Gasteiger partial charge in [0.1, 0.15) is 0 Å². The van der Waals surface area contributed by atoms with Gasteiger partial charge in [-0.05, 0) is 5.21 Å². The lowest BCUT2D eigenvalue weighted by molar-refractivity contribution is 0.107. The van der Waals surface area contributed by atoms with E-state index in [1.165, 1.54) is 4.80 Å². The molecule has 0 unspecified atom stereocenters. The Morgan fingerprint density at radius 3 is 3.00 bits per heavy atom. The fourth-order valence-electron chi connectivity index (χ4n) is 0.426. The molecular weight excluding hydrogens is 122 g/mol. The summed E-state index contributed by atoms with van der Waals surface area (Å²) in [6.07, 6.45) is 0. The number of methoxy groups -OCH3 is 1. The van der Waals surface area contributed by atoms with Gasteiger partial charge in [-0.15, -0.1) is 9.90 Å². The fourth-order valence-corrected chi connectivity index (χ4v) is 0.426. The molecule has 2 N–H and O–H groups in total. The molecule has 0 aliphatic heterocycles. The summed E-state index contributed by atoms with van der Waals surface area (Å²) in [6, 6.07) is 0. The van der Waals surface area contributed by atoms with E-state index in [2.05, 4.69) is 20.1 Å². The highest BCUT2D eigenvalue weighted by atomic mass is 16.5.